The molecule has 0 unspecified atom stereocenters. The van der Waals surface area contributed by atoms with Crippen LogP contribution in [-0.2, 0) is 14.2 Å². The third-order valence-electron chi connectivity index (χ3n) is 2.55. The maximum atomic E-state index is 5.73. The van der Waals surface area contributed by atoms with Crippen LogP contribution in [0.3, 0.4) is 0 Å². The summed E-state index contributed by atoms with van der Waals surface area (Å²) in [6, 6.07) is 3.80. The summed E-state index contributed by atoms with van der Waals surface area (Å²) in [6.07, 6.45) is 0. The molecular formula is C15H22Br2O5. The van der Waals surface area contributed by atoms with Crippen LogP contribution in [-0.4, -0.2) is 53.4 Å². The summed E-state index contributed by atoms with van der Waals surface area (Å²) in [6.45, 7) is 5.71. The van der Waals surface area contributed by atoms with E-state index in [2.05, 4.69) is 31.9 Å². The Bertz CT molecular complexity index is 429. The molecule has 0 spiro atoms. The van der Waals surface area contributed by atoms with Crippen molar-refractivity contribution in [1.29, 1.82) is 0 Å². The first kappa shape index (κ1) is 19.7. The highest BCUT2D eigenvalue weighted by atomic mass is 79.9. The molecule has 7 heteroatoms. The molecule has 0 saturated carbocycles. The Kier molecular flexibility index (Phi) is 10.9. The molecule has 0 aliphatic heterocycles. The number of methoxy groups -OCH3 is 1. The molecule has 0 heterocycles. The molecule has 126 valence electrons. The number of hydrogen-bond acceptors (Lipinski definition) is 5. The fraction of sp³-hybridized carbons (Fsp3) is 0.600. The van der Waals surface area contributed by atoms with Gasteiger partial charge in [-0.3, -0.25) is 0 Å². The molecule has 0 aliphatic rings. The Morgan fingerprint density at radius 3 is 2.14 bits per heavy atom. The molecule has 5 nitrogen and oxygen atoms in total. The molecule has 22 heavy (non-hydrogen) atoms. The average Bonchev–Trinajstić information content (AvgIpc) is 2.49. The molecule has 0 aromatic heterocycles. The van der Waals surface area contributed by atoms with Gasteiger partial charge in [-0.15, -0.1) is 0 Å². The van der Waals surface area contributed by atoms with Crippen LogP contribution in [0.25, 0.3) is 0 Å². The van der Waals surface area contributed by atoms with E-state index in [9.17, 15) is 0 Å². The van der Waals surface area contributed by atoms with Gasteiger partial charge in [0.15, 0.2) is 11.5 Å². The van der Waals surface area contributed by atoms with E-state index in [1.807, 2.05) is 19.1 Å². The lowest BCUT2D eigenvalue weighted by atomic mass is 10.3. The standard InChI is InChI=1S/C15H22Br2O5/c1-3-21-15-13(17)10-12(16)11-14(15)22-9-8-20-7-6-19-5-4-18-2/h10-11H,3-9H2,1-2H3. The highest BCUT2D eigenvalue weighted by Gasteiger charge is 2.11. The monoisotopic (exact) mass is 440 g/mol. The molecule has 1 rings (SSSR count). The van der Waals surface area contributed by atoms with Crippen LogP contribution in [0.4, 0.5) is 0 Å². The molecular weight excluding hydrogens is 420 g/mol. The van der Waals surface area contributed by atoms with E-state index in [1.54, 1.807) is 7.11 Å². The van der Waals surface area contributed by atoms with Crippen LogP contribution < -0.4 is 9.47 Å². The quantitative estimate of drug-likeness (QED) is 0.463. The van der Waals surface area contributed by atoms with Crippen molar-refractivity contribution in [2.75, 3.05) is 53.4 Å². The van der Waals surface area contributed by atoms with Gasteiger partial charge < -0.3 is 23.7 Å². The second kappa shape index (κ2) is 12.1. The Balaban J connectivity index is 2.27. The van der Waals surface area contributed by atoms with Crippen LogP contribution in [0, 0.1) is 0 Å². The molecule has 0 saturated heterocycles. The van der Waals surface area contributed by atoms with Crippen molar-refractivity contribution in [3.63, 3.8) is 0 Å². The van der Waals surface area contributed by atoms with Gasteiger partial charge in [0.05, 0.1) is 44.1 Å². The zero-order valence-corrected chi connectivity index (χ0v) is 16.1. The van der Waals surface area contributed by atoms with Gasteiger partial charge in [-0.05, 0) is 35.0 Å². The maximum absolute atomic E-state index is 5.73. The first-order valence-electron chi connectivity index (χ1n) is 7.08. The van der Waals surface area contributed by atoms with Crippen molar-refractivity contribution < 1.29 is 23.7 Å². The molecule has 0 N–H and O–H groups in total. The van der Waals surface area contributed by atoms with Gasteiger partial charge in [-0.2, -0.15) is 0 Å². The minimum atomic E-state index is 0.445. The largest absolute Gasteiger partial charge is 0.489 e. The molecule has 0 radical (unpaired) electrons. The molecule has 0 fully saturated rings. The van der Waals surface area contributed by atoms with Gasteiger partial charge in [0.1, 0.15) is 6.61 Å². The van der Waals surface area contributed by atoms with E-state index in [0.717, 1.165) is 8.95 Å². The summed E-state index contributed by atoms with van der Waals surface area (Å²) in [4.78, 5) is 0. The van der Waals surface area contributed by atoms with E-state index in [0.29, 0.717) is 57.7 Å². The summed E-state index contributed by atoms with van der Waals surface area (Å²) in [5.74, 6) is 1.39. The fourth-order valence-corrected chi connectivity index (χ4v) is 2.90. The summed E-state index contributed by atoms with van der Waals surface area (Å²) >= 11 is 6.91. The van der Waals surface area contributed by atoms with Crippen molar-refractivity contribution in [2.45, 2.75) is 6.92 Å². The lowest BCUT2D eigenvalue weighted by Crippen LogP contribution is -2.12. The molecule has 0 atom stereocenters. The zero-order chi connectivity index (χ0) is 16.2. The maximum Gasteiger partial charge on any atom is 0.175 e. The van der Waals surface area contributed by atoms with Gasteiger partial charge in [0.25, 0.3) is 0 Å². The van der Waals surface area contributed by atoms with E-state index < -0.39 is 0 Å². The van der Waals surface area contributed by atoms with Gasteiger partial charge in [0, 0.05) is 11.6 Å². The highest BCUT2D eigenvalue weighted by Crippen LogP contribution is 2.38. The number of halogens is 2. The Morgan fingerprint density at radius 1 is 0.864 bits per heavy atom. The van der Waals surface area contributed by atoms with E-state index in [1.165, 1.54) is 0 Å². The molecule has 1 aromatic carbocycles. The summed E-state index contributed by atoms with van der Waals surface area (Å²) in [7, 11) is 1.65. The van der Waals surface area contributed by atoms with Crippen LogP contribution >= 0.6 is 31.9 Å². The highest BCUT2D eigenvalue weighted by molar-refractivity contribution is 9.11. The summed E-state index contributed by atoms with van der Waals surface area (Å²) in [5, 5.41) is 0. The minimum absolute atomic E-state index is 0.445. The van der Waals surface area contributed by atoms with Crippen molar-refractivity contribution in [3.05, 3.63) is 21.1 Å². The molecule has 1 aromatic rings. The second-order valence-corrected chi connectivity index (χ2v) is 5.98. The van der Waals surface area contributed by atoms with Gasteiger partial charge in [-0.25, -0.2) is 0 Å². The minimum Gasteiger partial charge on any atom is -0.489 e. The number of rotatable bonds is 12. The van der Waals surface area contributed by atoms with Crippen molar-refractivity contribution in [2.24, 2.45) is 0 Å². The van der Waals surface area contributed by atoms with Crippen LogP contribution in [0.2, 0.25) is 0 Å². The van der Waals surface area contributed by atoms with E-state index >= 15 is 0 Å². The van der Waals surface area contributed by atoms with Crippen LogP contribution in [0.15, 0.2) is 21.1 Å². The first-order valence-corrected chi connectivity index (χ1v) is 8.66. The lowest BCUT2D eigenvalue weighted by molar-refractivity contribution is 0.0177. The molecule has 0 amide bonds. The lowest BCUT2D eigenvalue weighted by Gasteiger charge is -2.14. The van der Waals surface area contributed by atoms with Gasteiger partial charge in [0.2, 0.25) is 0 Å². The first-order chi connectivity index (χ1) is 10.7. The molecule has 0 bridgehead atoms. The SMILES string of the molecule is CCOc1c(Br)cc(Br)cc1OCCOCCOCCOC. The topological polar surface area (TPSA) is 46.2 Å². The van der Waals surface area contributed by atoms with Gasteiger partial charge in [-0.1, -0.05) is 15.9 Å². The Labute approximate surface area is 148 Å². The summed E-state index contributed by atoms with van der Waals surface area (Å²) in [5.41, 5.74) is 0. The smallest absolute Gasteiger partial charge is 0.175 e. The predicted octanol–water partition coefficient (Wildman–Crippen LogP) is 3.67. The third kappa shape index (κ3) is 7.78. The van der Waals surface area contributed by atoms with Crippen molar-refractivity contribution in [1.82, 2.24) is 0 Å². The fourth-order valence-electron chi connectivity index (χ4n) is 1.60. The van der Waals surface area contributed by atoms with Crippen LogP contribution in [0.5, 0.6) is 11.5 Å². The van der Waals surface area contributed by atoms with E-state index in [4.69, 9.17) is 23.7 Å². The second-order valence-electron chi connectivity index (χ2n) is 4.21. The predicted molar refractivity (Wildman–Crippen MR) is 92.0 cm³/mol. The van der Waals surface area contributed by atoms with Crippen molar-refractivity contribution in [3.8, 4) is 11.5 Å². The van der Waals surface area contributed by atoms with E-state index in [-0.39, 0.29) is 0 Å². The zero-order valence-electron chi connectivity index (χ0n) is 12.9. The Hall–Kier alpha value is -0.340. The summed E-state index contributed by atoms with van der Waals surface area (Å²) < 4.78 is 28.7. The van der Waals surface area contributed by atoms with Crippen LogP contribution in [0.1, 0.15) is 6.92 Å². The molecule has 0 aliphatic carbocycles. The van der Waals surface area contributed by atoms with Gasteiger partial charge >= 0.3 is 0 Å². The number of ether oxygens (including phenoxy) is 5. The number of hydrogen-bond donors (Lipinski definition) is 0. The normalized spacial score (nSPS) is 10.7. The number of benzene rings is 1. The van der Waals surface area contributed by atoms with Crippen molar-refractivity contribution >= 4 is 31.9 Å². The average molecular weight is 442 g/mol. The third-order valence-corrected chi connectivity index (χ3v) is 3.60. The Morgan fingerprint density at radius 2 is 1.50 bits per heavy atom.